The summed E-state index contributed by atoms with van der Waals surface area (Å²) in [6, 6.07) is 7.68. The molecule has 3 aromatic rings. The van der Waals surface area contributed by atoms with Crippen LogP contribution in [0.2, 0.25) is 0 Å². The van der Waals surface area contributed by atoms with Crippen molar-refractivity contribution in [3.8, 4) is 5.75 Å². The number of nitrogens with one attached hydrogen (secondary N) is 1. The van der Waals surface area contributed by atoms with Crippen LogP contribution in [-0.4, -0.2) is 22.4 Å². The van der Waals surface area contributed by atoms with Crippen LogP contribution in [0.5, 0.6) is 5.75 Å². The molecule has 1 amide bonds. The maximum atomic E-state index is 13.0. The van der Waals surface area contributed by atoms with Crippen LogP contribution < -0.4 is 10.1 Å². The second-order valence-electron chi connectivity index (χ2n) is 5.98. The van der Waals surface area contributed by atoms with Crippen LogP contribution in [0, 0.1) is 13.8 Å². The molecule has 0 saturated carbocycles. The van der Waals surface area contributed by atoms with E-state index in [1.54, 1.807) is 7.11 Å². The molecule has 2 heterocycles. The number of halogens is 1. The standard InChI is InChI=1S/C19H20BrN3O2/c1-5-14-17(23-10-12(3)8-13(20)18(23)21-14)19(24)22-15-9-11(2)6-7-16(15)25-4/h6-10H,5H2,1-4H3,(H,22,24). The number of carbonyl (C=O) groups excluding carboxylic acids is 1. The fourth-order valence-corrected chi connectivity index (χ4v) is 3.51. The summed E-state index contributed by atoms with van der Waals surface area (Å²) in [6.45, 7) is 5.95. The van der Waals surface area contributed by atoms with Crippen LogP contribution in [0.25, 0.3) is 5.65 Å². The fraction of sp³-hybridized carbons (Fsp3) is 0.263. The summed E-state index contributed by atoms with van der Waals surface area (Å²) in [6.07, 6.45) is 2.59. The molecule has 2 aromatic heterocycles. The first-order valence-corrected chi connectivity index (χ1v) is 8.87. The number of benzene rings is 1. The highest BCUT2D eigenvalue weighted by molar-refractivity contribution is 9.10. The molecule has 6 heteroatoms. The minimum Gasteiger partial charge on any atom is -0.495 e. The van der Waals surface area contributed by atoms with Crippen molar-refractivity contribution in [1.29, 1.82) is 0 Å². The monoisotopic (exact) mass is 401 g/mol. The summed E-state index contributed by atoms with van der Waals surface area (Å²) >= 11 is 3.54. The highest BCUT2D eigenvalue weighted by atomic mass is 79.9. The molecule has 0 bridgehead atoms. The smallest absolute Gasteiger partial charge is 0.274 e. The van der Waals surface area contributed by atoms with E-state index in [1.807, 2.05) is 55.6 Å². The van der Waals surface area contributed by atoms with Gasteiger partial charge in [-0.2, -0.15) is 0 Å². The van der Waals surface area contributed by atoms with E-state index in [0.717, 1.165) is 26.9 Å². The van der Waals surface area contributed by atoms with Crippen LogP contribution in [0.3, 0.4) is 0 Å². The lowest BCUT2D eigenvalue weighted by atomic mass is 10.2. The number of anilines is 1. The Labute approximate surface area is 155 Å². The number of hydrogen-bond acceptors (Lipinski definition) is 3. The van der Waals surface area contributed by atoms with Crippen molar-refractivity contribution in [2.24, 2.45) is 0 Å². The number of pyridine rings is 1. The van der Waals surface area contributed by atoms with E-state index in [1.165, 1.54) is 0 Å². The van der Waals surface area contributed by atoms with E-state index >= 15 is 0 Å². The number of rotatable bonds is 4. The van der Waals surface area contributed by atoms with Crippen molar-refractivity contribution in [2.75, 3.05) is 12.4 Å². The third kappa shape index (κ3) is 3.26. The molecule has 0 atom stereocenters. The Balaban J connectivity index is 2.10. The minimum absolute atomic E-state index is 0.203. The average molecular weight is 402 g/mol. The summed E-state index contributed by atoms with van der Waals surface area (Å²) < 4.78 is 8.07. The molecule has 5 nitrogen and oxygen atoms in total. The van der Waals surface area contributed by atoms with Gasteiger partial charge in [-0.15, -0.1) is 0 Å². The number of carbonyl (C=O) groups is 1. The van der Waals surface area contributed by atoms with E-state index in [-0.39, 0.29) is 5.91 Å². The Morgan fingerprint density at radius 2 is 2.04 bits per heavy atom. The van der Waals surface area contributed by atoms with Crippen LogP contribution in [0.1, 0.15) is 34.2 Å². The van der Waals surface area contributed by atoms with Crippen molar-refractivity contribution < 1.29 is 9.53 Å². The van der Waals surface area contributed by atoms with Crippen molar-refractivity contribution in [2.45, 2.75) is 27.2 Å². The average Bonchev–Trinajstić information content (AvgIpc) is 2.94. The van der Waals surface area contributed by atoms with Gasteiger partial charge in [0.1, 0.15) is 11.4 Å². The first-order valence-electron chi connectivity index (χ1n) is 8.07. The van der Waals surface area contributed by atoms with Gasteiger partial charge >= 0.3 is 0 Å². The van der Waals surface area contributed by atoms with Gasteiger partial charge in [-0.1, -0.05) is 13.0 Å². The van der Waals surface area contributed by atoms with Gasteiger partial charge in [-0.05, 0) is 65.5 Å². The first-order chi connectivity index (χ1) is 11.9. The highest BCUT2D eigenvalue weighted by Gasteiger charge is 2.21. The zero-order valence-corrected chi connectivity index (χ0v) is 16.3. The Morgan fingerprint density at radius 1 is 1.28 bits per heavy atom. The molecule has 1 aromatic carbocycles. The lowest BCUT2D eigenvalue weighted by Gasteiger charge is -2.12. The van der Waals surface area contributed by atoms with Crippen molar-refractivity contribution in [3.63, 3.8) is 0 Å². The molecular formula is C19H20BrN3O2. The van der Waals surface area contributed by atoms with Gasteiger partial charge in [0.15, 0.2) is 5.65 Å². The predicted octanol–water partition coefficient (Wildman–Crippen LogP) is 4.54. The zero-order valence-electron chi connectivity index (χ0n) is 14.7. The number of aromatic nitrogens is 2. The first kappa shape index (κ1) is 17.5. The van der Waals surface area contributed by atoms with Crippen molar-refractivity contribution in [3.05, 3.63) is 57.4 Å². The maximum absolute atomic E-state index is 13.0. The van der Waals surface area contributed by atoms with Crippen molar-refractivity contribution in [1.82, 2.24) is 9.38 Å². The number of methoxy groups -OCH3 is 1. The summed E-state index contributed by atoms with van der Waals surface area (Å²) in [5, 5.41) is 2.97. The number of ether oxygens (including phenoxy) is 1. The number of aryl methyl sites for hydroxylation is 3. The molecule has 130 valence electrons. The molecule has 3 rings (SSSR count). The Kier molecular flexibility index (Phi) is 4.81. The second kappa shape index (κ2) is 6.88. The topological polar surface area (TPSA) is 55.6 Å². The van der Waals surface area contributed by atoms with Crippen molar-refractivity contribution >= 4 is 33.2 Å². The van der Waals surface area contributed by atoms with Crippen LogP contribution in [0.15, 0.2) is 34.9 Å². The number of hydrogen-bond donors (Lipinski definition) is 1. The molecule has 0 aliphatic heterocycles. The maximum Gasteiger partial charge on any atom is 0.274 e. The number of amides is 1. The van der Waals surface area contributed by atoms with Gasteiger partial charge < -0.3 is 10.1 Å². The molecular weight excluding hydrogens is 382 g/mol. The van der Waals surface area contributed by atoms with Crippen LogP contribution in [0.4, 0.5) is 5.69 Å². The number of nitrogens with zero attached hydrogens (tertiary/aromatic N) is 2. The zero-order chi connectivity index (χ0) is 18.1. The minimum atomic E-state index is -0.203. The highest BCUT2D eigenvalue weighted by Crippen LogP contribution is 2.27. The van der Waals surface area contributed by atoms with Crippen LogP contribution >= 0.6 is 15.9 Å². The quantitative estimate of drug-likeness (QED) is 0.697. The SMILES string of the molecule is CCc1nc2c(Br)cc(C)cn2c1C(=O)Nc1cc(C)ccc1OC. The van der Waals surface area contributed by atoms with Gasteiger partial charge in [0.05, 0.1) is 23.0 Å². The van der Waals surface area contributed by atoms with Gasteiger partial charge in [0.2, 0.25) is 0 Å². The lowest BCUT2D eigenvalue weighted by molar-refractivity contribution is 0.102. The van der Waals surface area contributed by atoms with Gasteiger partial charge in [0, 0.05) is 6.20 Å². The Hall–Kier alpha value is -2.34. The number of imidazole rings is 1. The largest absolute Gasteiger partial charge is 0.495 e. The van der Waals surface area contributed by atoms with E-state index in [0.29, 0.717) is 23.6 Å². The fourth-order valence-electron chi connectivity index (χ4n) is 2.87. The molecule has 0 unspecified atom stereocenters. The normalized spacial score (nSPS) is 10.9. The lowest BCUT2D eigenvalue weighted by Crippen LogP contribution is -2.17. The van der Waals surface area contributed by atoms with E-state index in [9.17, 15) is 4.79 Å². The molecule has 0 aliphatic rings. The predicted molar refractivity (Wildman–Crippen MR) is 103 cm³/mol. The van der Waals surface area contributed by atoms with Gasteiger partial charge in [-0.3, -0.25) is 9.20 Å². The second-order valence-corrected chi connectivity index (χ2v) is 6.83. The van der Waals surface area contributed by atoms with E-state index < -0.39 is 0 Å². The van der Waals surface area contributed by atoms with Crippen LogP contribution in [-0.2, 0) is 6.42 Å². The van der Waals surface area contributed by atoms with E-state index in [2.05, 4.69) is 26.2 Å². The molecule has 0 radical (unpaired) electrons. The summed E-state index contributed by atoms with van der Waals surface area (Å²) in [5.41, 5.74) is 4.78. The Morgan fingerprint density at radius 3 is 2.72 bits per heavy atom. The van der Waals surface area contributed by atoms with E-state index in [4.69, 9.17) is 4.74 Å². The molecule has 1 N–H and O–H groups in total. The molecule has 25 heavy (non-hydrogen) atoms. The van der Waals surface area contributed by atoms with Gasteiger partial charge in [0.25, 0.3) is 5.91 Å². The molecule has 0 spiro atoms. The third-order valence-corrected chi connectivity index (χ3v) is 4.62. The summed E-state index contributed by atoms with van der Waals surface area (Å²) in [4.78, 5) is 17.6. The molecule has 0 aliphatic carbocycles. The number of fused-ring (bicyclic) bond motifs is 1. The summed E-state index contributed by atoms with van der Waals surface area (Å²) in [5.74, 6) is 0.425. The Bertz CT molecular complexity index is 963. The third-order valence-electron chi connectivity index (χ3n) is 4.04. The van der Waals surface area contributed by atoms with Gasteiger partial charge in [-0.25, -0.2) is 4.98 Å². The molecule has 0 fully saturated rings. The summed E-state index contributed by atoms with van der Waals surface area (Å²) in [7, 11) is 1.59. The molecule has 0 saturated heterocycles.